The van der Waals surface area contributed by atoms with E-state index in [-0.39, 0.29) is 0 Å². The summed E-state index contributed by atoms with van der Waals surface area (Å²) in [4.78, 5) is 2.72. The van der Waals surface area contributed by atoms with Crippen molar-refractivity contribution >= 4 is 0 Å². The van der Waals surface area contributed by atoms with Crippen LogP contribution in [0.5, 0.6) is 0 Å². The lowest BCUT2D eigenvalue weighted by Gasteiger charge is -2.39. The molecule has 1 aromatic rings. The van der Waals surface area contributed by atoms with Gasteiger partial charge in [-0.15, -0.1) is 10.2 Å². The molecule has 0 spiro atoms. The van der Waals surface area contributed by atoms with Gasteiger partial charge >= 0.3 is 0 Å². The van der Waals surface area contributed by atoms with Crippen LogP contribution in [0.3, 0.4) is 0 Å². The number of nitrogens with one attached hydrogen (secondary N) is 1. The lowest BCUT2D eigenvalue weighted by atomic mass is 9.97. The van der Waals surface area contributed by atoms with E-state index in [9.17, 15) is 0 Å². The van der Waals surface area contributed by atoms with Crippen LogP contribution >= 0.6 is 0 Å². The maximum atomic E-state index is 4.19. The average molecular weight is 263 g/mol. The zero-order chi connectivity index (χ0) is 13.2. The fraction of sp³-hybridized carbons (Fsp3) is 0.857. The fourth-order valence-corrected chi connectivity index (χ4v) is 3.86. The van der Waals surface area contributed by atoms with Crippen LogP contribution in [0.2, 0.25) is 0 Å². The first-order valence-electron chi connectivity index (χ1n) is 7.60. The van der Waals surface area contributed by atoms with Gasteiger partial charge in [-0.25, -0.2) is 0 Å². The molecule has 2 saturated heterocycles. The van der Waals surface area contributed by atoms with E-state index in [2.05, 4.69) is 27.3 Å². The molecule has 0 saturated carbocycles. The molecule has 2 aliphatic rings. The molecular formula is C14H25N5. The molecule has 5 nitrogen and oxygen atoms in total. The maximum absolute atomic E-state index is 4.19. The topological polar surface area (TPSA) is 46.0 Å². The van der Waals surface area contributed by atoms with Crippen molar-refractivity contribution in [1.82, 2.24) is 25.0 Å². The second kappa shape index (κ2) is 5.59. The van der Waals surface area contributed by atoms with Gasteiger partial charge in [-0.2, -0.15) is 0 Å². The Labute approximate surface area is 115 Å². The van der Waals surface area contributed by atoms with Crippen molar-refractivity contribution < 1.29 is 0 Å². The lowest BCUT2D eigenvalue weighted by Crippen LogP contribution is -2.49. The van der Waals surface area contributed by atoms with Gasteiger partial charge in [0.15, 0.2) is 0 Å². The van der Waals surface area contributed by atoms with Crippen LogP contribution in [0.4, 0.5) is 0 Å². The zero-order valence-corrected chi connectivity index (χ0v) is 12.0. The van der Waals surface area contributed by atoms with Gasteiger partial charge in [-0.3, -0.25) is 4.90 Å². The van der Waals surface area contributed by atoms with Gasteiger partial charge in [-0.05, 0) is 32.2 Å². The summed E-state index contributed by atoms with van der Waals surface area (Å²) in [5.41, 5.74) is 0. The summed E-state index contributed by atoms with van der Waals surface area (Å²) in [5, 5.41) is 11.8. The van der Waals surface area contributed by atoms with Gasteiger partial charge in [-0.1, -0.05) is 6.92 Å². The Morgan fingerprint density at radius 3 is 2.63 bits per heavy atom. The van der Waals surface area contributed by atoms with Crippen molar-refractivity contribution in [2.45, 2.75) is 57.2 Å². The number of rotatable bonds is 5. The highest BCUT2D eigenvalue weighted by atomic mass is 15.3. The molecule has 3 heterocycles. The predicted octanol–water partition coefficient (Wildman–Crippen LogP) is 0.962. The Balaban J connectivity index is 1.57. The first-order chi connectivity index (χ1) is 9.28. The van der Waals surface area contributed by atoms with Crippen molar-refractivity contribution in [3.63, 3.8) is 0 Å². The highest BCUT2D eigenvalue weighted by Crippen LogP contribution is 2.35. The molecule has 0 amide bonds. The third-order valence-electron chi connectivity index (χ3n) is 4.78. The third kappa shape index (κ3) is 2.67. The second-order valence-corrected chi connectivity index (χ2v) is 5.96. The number of fused-ring (bicyclic) bond motifs is 2. The van der Waals surface area contributed by atoms with E-state index < -0.39 is 0 Å². The Kier molecular flexibility index (Phi) is 3.84. The SMILES string of the molecule is CCNC1CC2CCC(C1)N2CCc1nncn1C. The zero-order valence-electron chi connectivity index (χ0n) is 12.0. The summed E-state index contributed by atoms with van der Waals surface area (Å²) in [6.07, 6.45) is 8.22. The number of piperidine rings is 1. The van der Waals surface area contributed by atoms with Gasteiger partial charge in [0.2, 0.25) is 0 Å². The normalized spacial score (nSPS) is 30.9. The molecule has 3 rings (SSSR count). The summed E-state index contributed by atoms with van der Waals surface area (Å²) >= 11 is 0. The molecule has 1 N–H and O–H groups in total. The predicted molar refractivity (Wildman–Crippen MR) is 74.9 cm³/mol. The molecule has 2 bridgehead atoms. The fourth-order valence-electron chi connectivity index (χ4n) is 3.86. The molecule has 0 aromatic carbocycles. The number of hydrogen-bond acceptors (Lipinski definition) is 4. The molecule has 0 aliphatic carbocycles. The minimum atomic E-state index is 0.744. The summed E-state index contributed by atoms with van der Waals surface area (Å²) in [6, 6.07) is 2.32. The molecule has 2 aliphatic heterocycles. The van der Waals surface area contributed by atoms with E-state index in [1.165, 1.54) is 25.7 Å². The highest BCUT2D eigenvalue weighted by Gasteiger charge is 2.39. The Morgan fingerprint density at radius 1 is 1.32 bits per heavy atom. The molecule has 0 radical (unpaired) electrons. The van der Waals surface area contributed by atoms with Crippen molar-refractivity contribution in [2.75, 3.05) is 13.1 Å². The van der Waals surface area contributed by atoms with Crippen molar-refractivity contribution in [1.29, 1.82) is 0 Å². The average Bonchev–Trinajstić information content (AvgIpc) is 2.89. The van der Waals surface area contributed by atoms with Crippen LogP contribution in [0.15, 0.2) is 6.33 Å². The van der Waals surface area contributed by atoms with Crippen LogP contribution in [-0.4, -0.2) is 50.9 Å². The van der Waals surface area contributed by atoms with E-state index in [0.29, 0.717) is 0 Å². The molecule has 1 aromatic heterocycles. The molecule has 2 atom stereocenters. The van der Waals surface area contributed by atoms with Gasteiger partial charge in [0, 0.05) is 38.1 Å². The number of aryl methyl sites for hydroxylation is 1. The van der Waals surface area contributed by atoms with E-state index >= 15 is 0 Å². The first-order valence-corrected chi connectivity index (χ1v) is 7.60. The van der Waals surface area contributed by atoms with E-state index in [4.69, 9.17) is 0 Å². The van der Waals surface area contributed by atoms with E-state index in [1.54, 1.807) is 6.33 Å². The minimum absolute atomic E-state index is 0.744. The van der Waals surface area contributed by atoms with Gasteiger partial charge < -0.3 is 9.88 Å². The van der Waals surface area contributed by atoms with Gasteiger partial charge in [0.1, 0.15) is 12.2 Å². The highest BCUT2D eigenvalue weighted by molar-refractivity contribution is 4.98. The lowest BCUT2D eigenvalue weighted by molar-refractivity contribution is 0.118. The largest absolute Gasteiger partial charge is 0.321 e. The smallest absolute Gasteiger partial charge is 0.133 e. The molecule has 19 heavy (non-hydrogen) atoms. The molecular weight excluding hydrogens is 238 g/mol. The summed E-state index contributed by atoms with van der Waals surface area (Å²) in [7, 11) is 2.03. The van der Waals surface area contributed by atoms with Crippen LogP contribution in [0.25, 0.3) is 0 Å². The third-order valence-corrected chi connectivity index (χ3v) is 4.78. The molecule has 5 heteroatoms. The van der Waals surface area contributed by atoms with Crippen LogP contribution < -0.4 is 5.32 Å². The van der Waals surface area contributed by atoms with Crippen LogP contribution in [0, 0.1) is 0 Å². The standard InChI is InChI=1S/C14H25N5/c1-3-15-11-8-12-4-5-13(9-11)19(12)7-6-14-17-16-10-18(14)2/h10-13,15H,3-9H2,1-2H3. The number of aromatic nitrogens is 3. The Morgan fingerprint density at radius 2 is 2.05 bits per heavy atom. The van der Waals surface area contributed by atoms with E-state index in [0.717, 1.165) is 43.5 Å². The van der Waals surface area contributed by atoms with Crippen LogP contribution in [0.1, 0.15) is 38.4 Å². The summed E-state index contributed by atoms with van der Waals surface area (Å²) in [5.74, 6) is 1.10. The Hall–Kier alpha value is -0.940. The van der Waals surface area contributed by atoms with Crippen LogP contribution in [-0.2, 0) is 13.5 Å². The van der Waals surface area contributed by atoms with E-state index in [1.807, 2.05) is 11.6 Å². The molecule has 2 unspecified atom stereocenters. The summed E-state index contributed by atoms with van der Waals surface area (Å²) in [6.45, 7) is 4.45. The van der Waals surface area contributed by atoms with Crippen molar-refractivity contribution in [2.24, 2.45) is 7.05 Å². The molecule has 106 valence electrons. The van der Waals surface area contributed by atoms with Gasteiger partial charge in [0.25, 0.3) is 0 Å². The maximum Gasteiger partial charge on any atom is 0.133 e. The number of nitrogens with zero attached hydrogens (tertiary/aromatic N) is 4. The Bertz CT molecular complexity index is 402. The molecule has 2 fully saturated rings. The first kappa shape index (κ1) is 13.1. The monoisotopic (exact) mass is 263 g/mol. The minimum Gasteiger partial charge on any atom is -0.321 e. The number of hydrogen-bond donors (Lipinski definition) is 1. The second-order valence-electron chi connectivity index (χ2n) is 5.96. The summed E-state index contributed by atoms with van der Waals surface area (Å²) < 4.78 is 2.04. The quantitative estimate of drug-likeness (QED) is 0.859. The van der Waals surface area contributed by atoms with Crippen molar-refractivity contribution in [3.8, 4) is 0 Å². The van der Waals surface area contributed by atoms with Gasteiger partial charge in [0.05, 0.1) is 0 Å². The van der Waals surface area contributed by atoms with Crippen molar-refractivity contribution in [3.05, 3.63) is 12.2 Å².